The molecule has 0 bridgehead atoms. The van der Waals surface area contributed by atoms with E-state index in [1.54, 1.807) is 18.2 Å². The molecule has 1 aromatic carbocycles. The summed E-state index contributed by atoms with van der Waals surface area (Å²) in [6.45, 7) is 0.537. The predicted octanol–water partition coefficient (Wildman–Crippen LogP) is 1.05. The van der Waals surface area contributed by atoms with Crippen LogP contribution in [-0.2, 0) is 9.53 Å². The SMILES string of the molecule is COC(=O)CCOc1ccc2c(c1)OCC2O. The Morgan fingerprint density at radius 1 is 1.59 bits per heavy atom. The fourth-order valence-electron chi connectivity index (χ4n) is 1.62. The lowest BCUT2D eigenvalue weighted by Gasteiger charge is -2.07. The van der Waals surface area contributed by atoms with Crippen LogP contribution in [-0.4, -0.2) is 31.4 Å². The van der Waals surface area contributed by atoms with Gasteiger partial charge in [0.1, 0.15) is 24.2 Å². The van der Waals surface area contributed by atoms with Crippen LogP contribution in [0.15, 0.2) is 18.2 Å². The van der Waals surface area contributed by atoms with Crippen molar-refractivity contribution in [2.75, 3.05) is 20.3 Å². The molecule has 0 saturated carbocycles. The first-order valence-electron chi connectivity index (χ1n) is 5.35. The van der Waals surface area contributed by atoms with E-state index < -0.39 is 6.10 Å². The fourth-order valence-corrected chi connectivity index (χ4v) is 1.62. The van der Waals surface area contributed by atoms with Gasteiger partial charge in [-0.1, -0.05) is 0 Å². The molecule has 0 aromatic heterocycles. The lowest BCUT2D eigenvalue weighted by atomic mass is 10.1. The highest BCUT2D eigenvalue weighted by Crippen LogP contribution is 2.34. The van der Waals surface area contributed by atoms with Crippen LogP contribution in [0.5, 0.6) is 11.5 Å². The number of esters is 1. The van der Waals surface area contributed by atoms with E-state index in [1.807, 2.05) is 0 Å². The number of hydrogen-bond acceptors (Lipinski definition) is 5. The summed E-state index contributed by atoms with van der Waals surface area (Å²) in [5, 5.41) is 9.53. The molecule has 1 heterocycles. The van der Waals surface area contributed by atoms with E-state index in [2.05, 4.69) is 4.74 Å². The molecule has 0 spiro atoms. The van der Waals surface area contributed by atoms with E-state index in [0.29, 0.717) is 11.5 Å². The van der Waals surface area contributed by atoms with Crippen LogP contribution in [0.4, 0.5) is 0 Å². The van der Waals surface area contributed by atoms with Crippen molar-refractivity contribution in [2.45, 2.75) is 12.5 Å². The average molecular weight is 238 g/mol. The van der Waals surface area contributed by atoms with Gasteiger partial charge in [0.2, 0.25) is 0 Å². The Bertz CT molecular complexity index is 415. The molecule has 5 nitrogen and oxygen atoms in total. The van der Waals surface area contributed by atoms with Gasteiger partial charge < -0.3 is 19.3 Å². The van der Waals surface area contributed by atoms with Crippen LogP contribution < -0.4 is 9.47 Å². The van der Waals surface area contributed by atoms with Crippen LogP contribution in [0.25, 0.3) is 0 Å². The largest absolute Gasteiger partial charge is 0.493 e. The minimum Gasteiger partial charge on any atom is -0.493 e. The lowest BCUT2D eigenvalue weighted by Crippen LogP contribution is -2.07. The Morgan fingerprint density at radius 2 is 2.41 bits per heavy atom. The summed E-state index contributed by atoms with van der Waals surface area (Å²) < 4.78 is 15.2. The number of aliphatic hydroxyl groups is 1. The van der Waals surface area contributed by atoms with Crippen molar-refractivity contribution in [3.05, 3.63) is 23.8 Å². The van der Waals surface area contributed by atoms with Gasteiger partial charge in [-0.3, -0.25) is 4.79 Å². The first-order chi connectivity index (χ1) is 8.20. The van der Waals surface area contributed by atoms with Gasteiger partial charge in [0.15, 0.2) is 0 Å². The number of carbonyl (C=O) groups excluding carboxylic acids is 1. The molecule has 2 rings (SSSR count). The van der Waals surface area contributed by atoms with E-state index in [4.69, 9.17) is 9.47 Å². The van der Waals surface area contributed by atoms with Crippen molar-refractivity contribution in [3.8, 4) is 11.5 Å². The highest BCUT2D eigenvalue weighted by atomic mass is 16.5. The number of hydrogen-bond donors (Lipinski definition) is 1. The van der Waals surface area contributed by atoms with E-state index in [9.17, 15) is 9.90 Å². The van der Waals surface area contributed by atoms with Crippen molar-refractivity contribution >= 4 is 5.97 Å². The van der Waals surface area contributed by atoms with Gasteiger partial charge in [-0.15, -0.1) is 0 Å². The monoisotopic (exact) mass is 238 g/mol. The third-order valence-corrected chi connectivity index (χ3v) is 2.54. The molecule has 0 radical (unpaired) electrons. The maximum absolute atomic E-state index is 10.9. The average Bonchev–Trinajstić information content (AvgIpc) is 2.70. The first-order valence-corrected chi connectivity index (χ1v) is 5.35. The van der Waals surface area contributed by atoms with Gasteiger partial charge in [-0.2, -0.15) is 0 Å². The van der Waals surface area contributed by atoms with E-state index in [0.717, 1.165) is 5.56 Å². The summed E-state index contributed by atoms with van der Waals surface area (Å²) in [5.41, 5.74) is 0.769. The van der Waals surface area contributed by atoms with Crippen LogP contribution in [0.3, 0.4) is 0 Å². The molecule has 0 aliphatic carbocycles. The molecule has 17 heavy (non-hydrogen) atoms. The molecule has 0 saturated heterocycles. The minimum atomic E-state index is -0.561. The Hall–Kier alpha value is -1.75. The number of fused-ring (bicyclic) bond motifs is 1. The van der Waals surface area contributed by atoms with E-state index in [1.165, 1.54) is 7.11 Å². The van der Waals surface area contributed by atoms with Crippen LogP contribution in [0, 0.1) is 0 Å². The molecule has 5 heteroatoms. The highest BCUT2D eigenvalue weighted by Gasteiger charge is 2.21. The quantitative estimate of drug-likeness (QED) is 0.794. The Kier molecular flexibility index (Phi) is 3.49. The second kappa shape index (κ2) is 5.05. The number of rotatable bonds is 4. The van der Waals surface area contributed by atoms with Crippen LogP contribution in [0.1, 0.15) is 18.1 Å². The number of benzene rings is 1. The molecule has 1 atom stereocenters. The molecule has 92 valence electrons. The molecule has 1 aliphatic heterocycles. The Labute approximate surface area is 98.9 Å². The minimum absolute atomic E-state index is 0.205. The van der Waals surface area contributed by atoms with Gasteiger partial charge in [0.05, 0.1) is 20.1 Å². The summed E-state index contributed by atoms with van der Waals surface area (Å²) in [4.78, 5) is 10.9. The number of ether oxygens (including phenoxy) is 3. The Morgan fingerprint density at radius 3 is 3.18 bits per heavy atom. The molecular formula is C12H14O5. The number of aliphatic hydroxyl groups excluding tert-OH is 1. The summed E-state index contributed by atoms with van der Waals surface area (Å²) in [7, 11) is 1.34. The van der Waals surface area contributed by atoms with Gasteiger partial charge in [-0.25, -0.2) is 0 Å². The zero-order valence-corrected chi connectivity index (χ0v) is 9.51. The van der Waals surface area contributed by atoms with Crippen LogP contribution in [0.2, 0.25) is 0 Å². The van der Waals surface area contributed by atoms with Crippen molar-refractivity contribution in [2.24, 2.45) is 0 Å². The summed E-state index contributed by atoms with van der Waals surface area (Å²) in [6, 6.07) is 5.22. The number of carbonyl (C=O) groups is 1. The third kappa shape index (κ3) is 2.68. The van der Waals surface area contributed by atoms with E-state index >= 15 is 0 Å². The number of methoxy groups -OCH3 is 1. The lowest BCUT2D eigenvalue weighted by molar-refractivity contribution is -0.141. The maximum atomic E-state index is 10.9. The molecule has 0 amide bonds. The molecule has 1 N–H and O–H groups in total. The van der Waals surface area contributed by atoms with Crippen molar-refractivity contribution in [3.63, 3.8) is 0 Å². The summed E-state index contributed by atoms with van der Waals surface area (Å²) >= 11 is 0. The summed E-state index contributed by atoms with van der Waals surface area (Å²) in [6.07, 6.45) is -0.356. The molecule has 1 unspecified atom stereocenters. The fraction of sp³-hybridized carbons (Fsp3) is 0.417. The highest BCUT2D eigenvalue weighted by molar-refractivity contribution is 5.69. The predicted molar refractivity (Wildman–Crippen MR) is 59.0 cm³/mol. The van der Waals surface area contributed by atoms with Crippen molar-refractivity contribution < 1.29 is 24.1 Å². The third-order valence-electron chi connectivity index (χ3n) is 2.54. The zero-order chi connectivity index (χ0) is 12.3. The Balaban J connectivity index is 1.92. The van der Waals surface area contributed by atoms with Gasteiger partial charge in [-0.05, 0) is 12.1 Å². The van der Waals surface area contributed by atoms with Crippen molar-refractivity contribution in [1.29, 1.82) is 0 Å². The van der Waals surface area contributed by atoms with Crippen LogP contribution >= 0.6 is 0 Å². The van der Waals surface area contributed by atoms with Crippen molar-refractivity contribution in [1.82, 2.24) is 0 Å². The second-order valence-corrected chi connectivity index (χ2v) is 3.70. The summed E-state index contributed by atoms with van der Waals surface area (Å²) in [5.74, 6) is 0.938. The van der Waals surface area contributed by atoms with E-state index in [-0.39, 0.29) is 25.6 Å². The van der Waals surface area contributed by atoms with Gasteiger partial charge in [0.25, 0.3) is 0 Å². The topological polar surface area (TPSA) is 65.0 Å². The smallest absolute Gasteiger partial charge is 0.308 e. The maximum Gasteiger partial charge on any atom is 0.308 e. The zero-order valence-electron chi connectivity index (χ0n) is 9.51. The molecule has 1 aliphatic rings. The molecule has 1 aromatic rings. The van der Waals surface area contributed by atoms with Gasteiger partial charge in [0, 0.05) is 11.6 Å². The second-order valence-electron chi connectivity index (χ2n) is 3.70. The molecule has 0 fully saturated rings. The standard InChI is InChI=1S/C12H14O5/c1-15-12(14)4-5-16-8-2-3-9-10(13)7-17-11(9)6-8/h2-3,6,10,13H,4-5,7H2,1H3. The van der Waals surface area contributed by atoms with Gasteiger partial charge >= 0.3 is 5.97 Å². The molecular weight excluding hydrogens is 224 g/mol. The first kappa shape index (κ1) is 11.7. The normalized spacial score (nSPS) is 17.2.